The number of nitrogens with zero attached hydrogens (tertiary/aromatic N) is 2. The van der Waals surface area contributed by atoms with E-state index in [2.05, 4.69) is 4.72 Å². The van der Waals surface area contributed by atoms with E-state index in [0.717, 1.165) is 12.1 Å². The van der Waals surface area contributed by atoms with Gasteiger partial charge in [-0.05, 0) is 39.7 Å². The first-order valence-corrected chi connectivity index (χ1v) is 9.81. The Labute approximate surface area is 156 Å². The second-order valence-corrected chi connectivity index (χ2v) is 8.95. The van der Waals surface area contributed by atoms with Crippen LogP contribution < -0.4 is 4.72 Å². The second-order valence-electron chi connectivity index (χ2n) is 7.23. The minimum absolute atomic E-state index is 0.316. The van der Waals surface area contributed by atoms with E-state index in [0.29, 0.717) is 32.0 Å². The van der Waals surface area contributed by atoms with Gasteiger partial charge in [-0.15, -0.1) is 0 Å². The predicted molar refractivity (Wildman–Crippen MR) is 94.2 cm³/mol. The van der Waals surface area contributed by atoms with Crippen molar-refractivity contribution in [3.05, 3.63) is 34.1 Å². The summed E-state index contributed by atoms with van der Waals surface area (Å²) in [6.07, 6.45) is 0.281. The topological polar surface area (TPSA) is 119 Å². The van der Waals surface area contributed by atoms with Gasteiger partial charge in [0.25, 0.3) is 0 Å². The summed E-state index contributed by atoms with van der Waals surface area (Å²) in [5, 5.41) is 10.6. The third-order valence-corrected chi connectivity index (χ3v) is 5.41. The van der Waals surface area contributed by atoms with Crippen molar-refractivity contribution < 1.29 is 27.3 Å². The van der Waals surface area contributed by atoms with Gasteiger partial charge in [-0.2, -0.15) is 4.39 Å². The summed E-state index contributed by atoms with van der Waals surface area (Å²) in [4.78, 5) is 22.8. The molecule has 0 bridgehead atoms. The molecule has 0 unspecified atom stereocenters. The summed E-state index contributed by atoms with van der Waals surface area (Å²) in [6, 6.07) is 1.98. The van der Waals surface area contributed by atoms with Crippen molar-refractivity contribution in [2.45, 2.75) is 50.2 Å². The van der Waals surface area contributed by atoms with Crippen LogP contribution in [0.5, 0.6) is 0 Å². The normalized spacial score (nSPS) is 16.2. The first kappa shape index (κ1) is 21.0. The summed E-state index contributed by atoms with van der Waals surface area (Å²) in [5.41, 5.74) is -1.41. The van der Waals surface area contributed by atoms with Crippen LogP contribution in [0, 0.1) is 15.9 Å². The Balaban J connectivity index is 1.99. The molecule has 0 aromatic heterocycles. The number of hydrogen-bond acceptors (Lipinski definition) is 6. The van der Waals surface area contributed by atoms with E-state index in [1.807, 2.05) is 0 Å². The number of nitrogens with one attached hydrogen (secondary N) is 1. The Morgan fingerprint density at radius 1 is 1.33 bits per heavy atom. The monoisotopic (exact) mass is 403 g/mol. The lowest BCUT2D eigenvalue weighted by Crippen LogP contribution is -2.47. The van der Waals surface area contributed by atoms with Crippen LogP contribution in [-0.2, 0) is 14.8 Å². The van der Waals surface area contributed by atoms with Gasteiger partial charge >= 0.3 is 11.8 Å². The van der Waals surface area contributed by atoms with Gasteiger partial charge in [-0.25, -0.2) is 17.9 Å². The van der Waals surface area contributed by atoms with Gasteiger partial charge in [0.15, 0.2) is 0 Å². The van der Waals surface area contributed by atoms with Gasteiger partial charge in [0.1, 0.15) is 5.60 Å². The number of nitro benzene ring substituents is 1. The zero-order valence-corrected chi connectivity index (χ0v) is 16.1. The summed E-state index contributed by atoms with van der Waals surface area (Å²) < 4.78 is 46.2. The van der Waals surface area contributed by atoms with Crippen LogP contribution in [0.4, 0.5) is 14.9 Å². The molecule has 1 heterocycles. The van der Waals surface area contributed by atoms with E-state index < -0.39 is 44.2 Å². The number of piperidine rings is 1. The molecule has 1 saturated heterocycles. The molecule has 0 aliphatic carbocycles. The van der Waals surface area contributed by atoms with E-state index in [9.17, 15) is 27.7 Å². The average Bonchev–Trinajstić information content (AvgIpc) is 2.53. The molecule has 0 atom stereocenters. The molecule has 150 valence electrons. The van der Waals surface area contributed by atoms with Gasteiger partial charge < -0.3 is 9.64 Å². The van der Waals surface area contributed by atoms with Crippen LogP contribution in [0.1, 0.15) is 33.6 Å². The zero-order valence-electron chi connectivity index (χ0n) is 15.3. The molecular weight excluding hydrogens is 381 g/mol. The number of sulfonamides is 1. The average molecular weight is 403 g/mol. The maximum Gasteiger partial charge on any atom is 0.410 e. The molecule has 1 fully saturated rings. The molecule has 1 aromatic carbocycles. The van der Waals surface area contributed by atoms with E-state index in [1.165, 1.54) is 4.90 Å². The highest BCUT2D eigenvalue weighted by Gasteiger charge is 2.30. The highest BCUT2D eigenvalue weighted by Crippen LogP contribution is 2.22. The summed E-state index contributed by atoms with van der Waals surface area (Å²) in [5.74, 6) is -1.22. The lowest BCUT2D eigenvalue weighted by molar-refractivity contribution is -0.387. The van der Waals surface area contributed by atoms with E-state index >= 15 is 0 Å². The van der Waals surface area contributed by atoms with Crippen LogP contribution in [0.2, 0.25) is 0 Å². The molecule has 1 N–H and O–H groups in total. The molecule has 1 aromatic rings. The Kier molecular flexibility index (Phi) is 6.05. The first-order chi connectivity index (χ1) is 12.4. The smallest absolute Gasteiger partial charge is 0.410 e. The van der Waals surface area contributed by atoms with E-state index in [1.54, 1.807) is 20.8 Å². The number of halogens is 1. The maximum absolute atomic E-state index is 13.7. The second kappa shape index (κ2) is 7.77. The minimum Gasteiger partial charge on any atom is -0.444 e. The Morgan fingerprint density at radius 3 is 2.41 bits per heavy atom. The molecule has 0 radical (unpaired) electrons. The molecule has 0 saturated carbocycles. The fraction of sp³-hybridized carbons (Fsp3) is 0.562. The number of rotatable bonds is 4. The van der Waals surface area contributed by atoms with E-state index in [4.69, 9.17) is 4.74 Å². The Hall–Kier alpha value is -2.27. The molecule has 0 spiro atoms. The molecule has 2 rings (SSSR count). The van der Waals surface area contributed by atoms with E-state index in [-0.39, 0.29) is 4.90 Å². The molecule has 11 heteroatoms. The number of hydrogen-bond donors (Lipinski definition) is 1. The Bertz CT molecular complexity index is 829. The SMILES string of the molecule is CC(C)(C)OC(=O)N1CCC(NS(=O)(=O)c2ccc([N+](=O)[O-])c(F)c2)CC1. The fourth-order valence-corrected chi connectivity index (χ4v) is 3.91. The predicted octanol–water partition coefficient (Wildman–Crippen LogP) is 2.41. The van der Waals surface area contributed by atoms with Crippen molar-refractivity contribution in [1.29, 1.82) is 0 Å². The summed E-state index contributed by atoms with van der Waals surface area (Å²) in [6.45, 7) is 5.91. The minimum atomic E-state index is -4.04. The third-order valence-electron chi connectivity index (χ3n) is 3.89. The Morgan fingerprint density at radius 2 is 1.93 bits per heavy atom. The third kappa shape index (κ3) is 5.60. The van der Waals surface area contributed by atoms with Gasteiger partial charge in [-0.3, -0.25) is 10.1 Å². The highest BCUT2D eigenvalue weighted by atomic mass is 32.2. The highest BCUT2D eigenvalue weighted by molar-refractivity contribution is 7.89. The van der Waals surface area contributed by atoms with Gasteiger partial charge in [0.2, 0.25) is 15.8 Å². The quantitative estimate of drug-likeness (QED) is 0.609. The number of ether oxygens (including phenoxy) is 1. The van der Waals surface area contributed by atoms with Crippen molar-refractivity contribution in [3.63, 3.8) is 0 Å². The number of carbonyl (C=O) groups is 1. The molecule has 1 amide bonds. The zero-order chi connectivity index (χ0) is 20.4. The number of nitro groups is 1. The molecule has 9 nitrogen and oxygen atoms in total. The fourth-order valence-electron chi connectivity index (χ4n) is 2.60. The number of amides is 1. The molecular formula is C16H22FN3O6S. The van der Waals surface area contributed by atoms with Crippen LogP contribution in [0.25, 0.3) is 0 Å². The van der Waals surface area contributed by atoms with Crippen LogP contribution in [0.15, 0.2) is 23.1 Å². The van der Waals surface area contributed by atoms with Crippen molar-refractivity contribution in [2.24, 2.45) is 0 Å². The molecule has 1 aliphatic heterocycles. The van der Waals surface area contributed by atoms with Gasteiger partial charge in [-0.1, -0.05) is 0 Å². The lowest BCUT2D eigenvalue weighted by atomic mass is 10.1. The van der Waals surface area contributed by atoms with Crippen molar-refractivity contribution in [3.8, 4) is 0 Å². The van der Waals surface area contributed by atoms with Crippen LogP contribution >= 0.6 is 0 Å². The molecule has 27 heavy (non-hydrogen) atoms. The number of likely N-dealkylation sites (tertiary alicyclic amines) is 1. The number of benzene rings is 1. The van der Waals surface area contributed by atoms with Crippen molar-refractivity contribution in [2.75, 3.05) is 13.1 Å². The van der Waals surface area contributed by atoms with Crippen molar-refractivity contribution in [1.82, 2.24) is 9.62 Å². The van der Waals surface area contributed by atoms with Gasteiger partial charge in [0, 0.05) is 31.3 Å². The van der Waals surface area contributed by atoms with Gasteiger partial charge in [0.05, 0.1) is 9.82 Å². The van der Waals surface area contributed by atoms with Crippen LogP contribution in [0.3, 0.4) is 0 Å². The summed E-state index contributed by atoms with van der Waals surface area (Å²) >= 11 is 0. The van der Waals surface area contributed by atoms with Crippen LogP contribution in [-0.4, -0.2) is 49.1 Å². The number of carbonyl (C=O) groups excluding carboxylic acids is 1. The van der Waals surface area contributed by atoms with Crippen molar-refractivity contribution >= 4 is 21.8 Å². The largest absolute Gasteiger partial charge is 0.444 e. The summed E-state index contributed by atoms with van der Waals surface area (Å²) in [7, 11) is -4.04. The first-order valence-electron chi connectivity index (χ1n) is 8.33. The lowest BCUT2D eigenvalue weighted by Gasteiger charge is -2.33. The molecule has 1 aliphatic rings. The standard InChI is InChI=1S/C16H22FN3O6S/c1-16(2,3)26-15(21)19-8-6-11(7-9-19)18-27(24,25)12-4-5-14(20(22)23)13(17)10-12/h4-5,10-11,18H,6-9H2,1-3H3. The maximum atomic E-state index is 13.7.